The smallest absolute Gasteiger partial charge is 0.0884 e. The number of benzene rings is 3. The highest BCUT2D eigenvalue weighted by Crippen LogP contribution is 2.26. The Bertz CT molecular complexity index is 651. The van der Waals surface area contributed by atoms with E-state index in [0.29, 0.717) is 0 Å². The second kappa shape index (κ2) is 4.10. The molecule has 0 bridgehead atoms. The second-order valence-electron chi connectivity index (χ2n) is 4.12. The van der Waals surface area contributed by atoms with E-state index in [1.807, 2.05) is 30.3 Å². The summed E-state index contributed by atoms with van der Waals surface area (Å²) in [5.41, 5.74) is 3.24. The molecule has 3 rings (SSSR count). The fourth-order valence-electron chi connectivity index (χ4n) is 2.23. The van der Waals surface area contributed by atoms with Gasteiger partial charge >= 0.3 is 0 Å². The molecular formula is C16H11B. The monoisotopic (exact) mass is 214 g/mol. The van der Waals surface area contributed by atoms with Crippen LogP contribution in [0.4, 0.5) is 0 Å². The summed E-state index contributed by atoms with van der Waals surface area (Å²) in [4.78, 5) is 0. The minimum absolute atomic E-state index is 0.835. The Morgan fingerprint density at radius 2 is 1.35 bits per heavy atom. The molecule has 78 valence electrons. The SMILES string of the molecule is [B]c1cccc2cccc(-c3ccccc3)c12. The summed E-state index contributed by atoms with van der Waals surface area (Å²) in [5, 5.41) is 2.33. The van der Waals surface area contributed by atoms with Crippen molar-refractivity contribution < 1.29 is 0 Å². The summed E-state index contributed by atoms with van der Waals surface area (Å²) in [6.07, 6.45) is 0. The molecule has 0 spiro atoms. The molecule has 0 atom stereocenters. The van der Waals surface area contributed by atoms with Crippen molar-refractivity contribution in [3.05, 3.63) is 66.7 Å². The Hall–Kier alpha value is -2.02. The molecule has 0 heterocycles. The lowest BCUT2D eigenvalue weighted by atomic mass is 9.86. The van der Waals surface area contributed by atoms with E-state index in [0.717, 1.165) is 10.8 Å². The average molecular weight is 214 g/mol. The van der Waals surface area contributed by atoms with Gasteiger partial charge in [-0.05, 0) is 21.9 Å². The highest BCUT2D eigenvalue weighted by molar-refractivity contribution is 6.40. The van der Waals surface area contributed by atoms with Crippen molar-refractivity contribution in [1.29, 1.82) is 0 Å². The molecule has 0 saturated carbocycles. The van der Waals surface area contributed by atoms with Gasteiger partial charge in [0.15, 0.2) is 0 Å². The summed E-state index contributed by atoms with van der Waals surface area (Å²) in [5.74, 6) is 0. The molecule has 0 aliphatic carbocycles. The molecule has 0 aromatic heterocycles. The predicted octanol–water partition coefficient (Wildman–Crippen LogP) is 3.30. The minimum atomic E-state index is 0.835. The first kappa shape index (κ1) is 10.2. The molecule has 0 aliphatic rings. The molecular weight excluding hydrogens is 203 g/mol. The molecule has 0 unspecified atom stereocenters. The average Bonchev–Trinajstić information content (AvgIpc) is 2.39. The van der Waals surface area contributed by atoms with Crippen LogP contribution in [0.2, 0.25) is 0 Å². The Morgan fingerprint density at radius 1 is 0.647 bits per heavy atom. The van der Waals surface area contributed by atoms with E-state index >= 15 is 0 Å². The van der Waals surface area contributed by atoms with Crippen LogP contribution < -0.4 is 5.46 Å². The maximum atomic E-state index is 6.09. The van der Waals surface area contributed by atoms with Crippen molar-refractivity contribution in [3.8, 4) is 11.1 Å². The number of hydrogen-bond donors (Lipinski definition) is 0. The van der Waals surface area contributed by atoms with E-state index in [2.05, 4.69) is 36.4 Å². The van der Waals surface area contributed by atoms with Gasteiger partial charge in [-0.15, -0.1) is 0 Å². The van der Waals surface area contributed by atoms with Crippen LogP contribution >= 0.6 is 0 Å². The van der Waals surface area contributed by atoms with E-state index in [9.17, 15) is 0 Å². The second-order valence-corrected chi connectivity index (χ2v) is 4.12. The zero-order valence-corrected chi connectivity index (χ0v) is 9.43. The van der Waals surface area contributed by atoms with Gasteiger partial charge in [0, 0.05) is 0 Å². The molecule has 0 saturated heterocycles. The summed E-state index contributed by atoms with van der Waals surface area (Å²) in [7, 11) is 6.09. The van der Waals surface area contributed by atoms with Crippen LogP contribution in [0.15, 0.2) is 66.7 Å². The molecule has 2 radical (unpaired) electrons. The van der Waals surface area contributed by atoms with Crippen LogP contribution in [0.25, 0.3) is 21.9 Å². The van der Waals surface area contributed by atoms with Crippen molar-refractivity contribution in [2.45, 2.75) is 0 Å². The highest BCUT2D eigenvalue weighted by atomic mass is 14.1. The third kappa shape index (κ3) is 1.74. The summed E-state index contributed by atoms with van der Waals surface area (Å²) in [6, 6.07) is 22.7. The summed E-state index contributed by atoms with van der Waals surface area (Å²) in [6.45, 7) is 0. The third-order valence-corrected chi connectivity index (χ3v) is 3.02. The molecule has 0 N–H and O–H groups in total. The van der Waals surface area contributed by atoms with E-state index in [1.165, 1.54) is 16.5 Å². The van der Waals surface area contributed by atoms with Gasteiger partial charge in [0.05, 0.1) is 0 Å². The Balaban J connectivity index is 2.38. The van der Waals surface area contributed by atoms with Gasteiger partial charge in [-0.1, -0.05) is 72.2 Å². The van der Waals surface area contributed by atoms with Crippen LogP contribution in [0, 0.1) is 0 Å². The first-order valence-corrected chi connectivity index (χ1v) is 5.69. The van der Waals surface area contributed by atoms with Gasteiger partial charge in [0.1, 0.15) is 7.85 Å². The molecule has 3 aromatic carbocycles. The number of rotatable bonds is 1. The lowest BCUT2D eigenvalue weighted by Crippen LogP contribution is -2.04. The first-order valence-electron chi connectivity index (χ1n) is 5.69. The van der Waals surface area contributed by atoms with Crippen molar-refractivity contribution in [2.24, 2.45) is 0 Å². The molecule has 0 aliphatic heterocycles. The molecule has 0 fully saturated rings. The number of hydrogen-bond acceptors (Lipinski definition) is 0. The van der Waals surface area contributed by atoms with Gasteiger partial charge < -0.3 is 0 Å². The van der Waals surface area contributed by atoms with Crippen LogP contribution in [0.5, 0.6) is 0 Å². The van der Waals surface area contributed by atoms with Crippen molar-refractivity contribution in [2.75, 3.05) is 0 Å². The van der Waals surface area contributed by atoms with E-state index in [-0.39, 0.29) is 0 Å². The normalized spacial score (nSPS) is 10.6. The van der Waals surface area contributed by atoms with Gasteiger partial charge in [-0.2, -0.15) is 0 Å². The van der Waals surface area contributed by atoms with E-state index < -0.39 is 0 Å². The topological polar surface area (TPSA) is 0 Å². The van der Waals surface area contributed by atoms with Crippen LogP contribution in [0.3, 0.4) is 0 Å². The standard InChI is InChI=1S/C16H11B/c17-15-11-5-9-13-8-4-10-14(16(13)15)12-6-2-1-3-7-12/h1-11H. The first-order chi connectivity index (χ1) is 8.36. The van der Waals surface area contributed by atoms with Crippen LogP contribution in [-0.4, -0.2) is 7.85 Å². The van der Waals surface area contributed by atoms with Crippen molar-refractivity contribution in [3.63, 3.8) is 0 Å². The summed E-state index contributed by atoms with van der Waals surface area (Å²) < 4.78 is 0. The summed E-state index contributed by atoms with van der Waals surface area (Å²) >= 11 is 0. The highest BCUT2D eigenvalue weighted by Gasteiger charge is 2.04. The predicted molar refractivity (Wildman–Crippen MR) is 74.8 cm³/mol. The van der Waals surface area contributed by atoms with E-state index in [1.54, 1.807) is 0 Å². The maximum Gasteiger partial charge on any atom is 0.114 e. The zero-order chi connectivity index (χ0) is 11.7. The largest absolute Gasteiger partial charge is 0.114 e. The molecule has 3 aromatic rings. The lowest BCUT2D eigenvalue weighted by molar-refractivity contribution is 1.66. The number of fused-ring (bicyclic) bond motifs is 1. The Kier molecular flexibility index (Phi) is 2.45. The van der Waals surface area contributed by atoms with Crippen LogP contribution in [-0.2, 0) is 0 Å². The van der Waals surface area contributed by atoms with Crippen molar-refractivity contribution >= 4 is 24.1 Å². The minimum Gasteiger partial charge on any atom is -0.0884 e. The third-order valence-electron chi connectivity index (χ3n) is 3.02. The zero-order valence-electron chi connectivity index (χ0n) is 9.43. The molecule has 0 nitrogen and oxygen atoms in total. The van der Waals surface area contributed by atoms with Gasteiger partial charge in [0.25, 0.3) is 0 Å². The molecule has 1 heteroatoms. The van der Waals surface area contributed by atoms with Gasteiger partial charge in [-0.25, -0.2) is 0 Å². The Labute approximate surface area is 102 Å². The fourth-order valence-corrected chi connectivity index (χ4v) is 2.23. The van der Waals surface area contributed by atoms with Crippen molar-refractivity contribution in [1.82, 2.24) is 0 Å². The lowest BCUT2D eigenvalue weighted by Gasteiger charge is -2.09. The maximum absolute atomic E-state index is 6.09. The quantitative estimate of drug-likeness (QED) is 0.545. The Morgan fingerprint density at radius 3 is 2.12 bits per heavy atom. The molecule has 0 amide bonds. The van der Waals surface area contributed by atoms with Gasteiger partial charge in [0.2, 0.25) is 0 Å². The van der Waals surface area contributed by atoms with E-state index in [4.69, 9.17) is 7.85 Å². The van der Waals surface area contributed by atoms with Crippen LogP contribution in [0.1, 0.15) is 0 Å². The van der Waals surface area contributed by atoms with Gasteiger partial charge in [-0.3, -0.25) is 0 Å². The molecule has 17 heavy (non-hydrogen) atoms. The fraction of sp³-hybridized carbons (Fsp3) is 0.